The molecule has 3 N–H and O–H groups in total. The Balaban J connectivity index is 2.05. The number of ether oxygens (including phenoxy) is 1. The van der Waals surface area contributed by atoms with Crippen LogP contribution in [0.3, 0.4) is 0 Å². The zero-order chi connectivity index (χ0) is 21.5. The summed E-state index contributed by atoms with van der Waals surface area (Å²) in [5.74, 6) is 1.35. The molecule has 0 aliphatic carbocycles. The quantitative estimate of drug-likeness (QED) is 0.455. The van der Waals surface area contributed by atoms with Crippen LogP contribution in [0.25, 0.3) is 0 Å². The van der Waals surface area contributed by atoms with E-state index in [-0.39, 0.29) is 19.0 Å². The standard InChI is InChI=1S/C19H25F3N4O3/c1-4-23-17(26-11-18(3,27)15-8-7-13(2)29-15)25-10-14-6-5-9-24-16(14)28-12-19(20,21)22/h5-9,27H,4,10-12H2,1-3H3,(H2,23,25,26). The van der Waals surface area contributed by atoms with Crippen LogP contribution in [0.15, 0.2) is 39.9 Å². The first-order valence-electron chi connectivity index (χ1n) is 9.05. The fourth-order valence-electron chi connectivity index (χ4n) is 2.40. The van der Waals surface area contributed by atoms with Crippen molar-refractivity contribution < 1.29 is 27.4 Å². The third-order valence-corrected chi connectivity index (χ3v) is 3.85. The second-order valence-corrected chi connectivity index (χ2v) is 6.60. The molecule has 0 spiro atoms. The second kappa shape index (κ2) is 9.64. The van der Waals surface area contributed by atoms with Crippen LogP contribution in [-0.2, 0) is 12.1 Å². The van der Waals surface area contributed by atoms with Crippen molar-refractivity contribution in [3.63, 3.8) is 0 Å². The molecule has 0 aliphatic rings. The SMILES string of the molecule is CCNC(=NCc1cccnc1OCC(F)(F)F)NCC(C)(O)c1ccc(C)o1. The van der Waals surface area contributed by atoms with Gasteiger partial charge in [-0.3, -0.25) is 0 Å². The Morgan fingerprint density at radius 2 is 2.03 bits per heavy atom. The van der Waals surface area contributed by atoms with Gasteiger partial charge < -0.3 is 24.9 Å². The molecule has 2 aromatic rings. The van der Waals surface area contributed by atoms with Crippen molar-refractivity contribution in [2.24, 2.45) is 4.99 Å². The number of aromatic nitrogens is 1. The second-order valence-electron chi connectivity index (χ2n) is 6.60. The number of guanidine groups is 1. The number of nitrogens with one attached hydrogen (secondary N) is 2. The summed E-state index contributed by atoms with van der Waals surface area (Å²) in [6, 6.07) is 6.64. The van der Waals surface area contributed by atoms with E-state index in [4.69, 9.17) is 9.15 Å². The average molecular weight is 414 g/mol. The lowest BCUT2D eigenvalue weighted by Crippen LogP contribution is -2.44. The van der Waals surface area contributed by atoms with Crippen molar-refractivity contribution in [3.8, 4) is 5.88 Å². The van der Waals surface area contributed by atoms with Gasteiger partial charge >= 0.3 is 6.18 Å². The number of halogens is 3. The van der Waals surface area contributed by atoms with E-state index >= 15 is 0 Å². The summed E-state index contributed by atoms with van der Waals surface area (Å²) in [5, 5.41) is 16.6. The first kappa shape index (κ1) is 22.5. The van der Waals surface area contributed by atoms with Crippen LogP contribution in [0.5, 0.6) is 5.88 Å². The number of pyridine rings is 1. The van der Waals surface area contributed by atoms with Gasteiger partial charge in [0, 0.05) is 18.3 Å². The monoisotopic (exact) mass is 414 g/mol. The van der Waals surface area contributed by atoms with Crippen LogP contribution in [0, 0.1) is 6.92 Å². The van der Waals surface area contributed by atoms with E-state index < -0.39 is 18.4 Å². The van der Waals surface area contributed by atoms with Crippen molar-refractivity contribution in [1.29, 1.82) is 0 Å². The molecule has 1 atom stereocenters. The van der Waals surface area contributed by atoms with Gasteiger partial charge in [-0.2, -0.15) is 13.2 Å². The summed E-state index contributed by atoms with van der Waals surface area (Å²) in [4.78, 5) is 8.19. The number of aliphatic hydroxyl groups is 1. The first-order valence-corrected chi connectivity index (χ1v) is 9.05. The van der Waals surface area contributed by atoms with E-state index in [0.29, 0.717) is 29.6 Å². The molecular formula is C19H25F3N4O3. The Morgan fingerprint density at radius 1 is 1.28 bits per heavy atom. The molecule has 7 nitrogen and oxygen atoms in total. The summed E-state index contributed by atoms with van der Waals surface area (Å²) < 4.78 is 47.5. The molecule has 0 fully saturated rings. The molecular weight excluding hydrogens is 389 g/mol. The molecule has 2 rings (SSSR count). The van der Waals surface area contributed by atoms with E-state index in [9.17, 15) is 18.3 Å². The van der Waals surface area contributed by atoms with Crippen LogP contribution in [0.1, 0.15) is 30.9 Å². The van der Waals surface area contributed by atoms with Gasteiger partial charge in [0.2, 0.25) is 5.88 Å². The van der Waals surface area contributed by atoms with E-state index in [2.05, 4.69) is 20.6 Å². The summed E-state index contributed by atoms with van der Waals surface area (Å²) >= 11 is 0. The number of nitrogens with zero attached hydrogens (tertiary/aromatic N) is 2. The van der Waals surface area contributed by atoms with Crippen LogP contribution in [0.4, 0.5) is 13.2 Å². The van der Waals surface area contributed by atoms with Crippen molar-refractivity contribution in [2.75, 3.05) is 19.7 Å². The van der Waals surface area contributed by atoms with Gasteiger partial charge in [0.1, 0.15) is 17.1 Å². The minimum atomic E-state index is -4.45. The smallest absolute Gasteiger partial charge is 0.422 e. The number of aryl methyl sites for hydroxylation is 1. The van der Waals surface area contributed by atoms with Crippen LogP contribution < -0.4 is 15.4 Å². The number of aliphatic imine (C=N–C) groups is 1. The summed E-state index contributed by atoms with van der Waals surface area (Å²) in [7, 11) is 0. The van der Waals surface area contributed by atoms with Gasteiger partial charge in [-0.05, 0) is 39.0 Å². The molecule has 2 heterocycles. The fourth-order valence-corrected chi connectivity index (χ4v) is 2.40. The molecule has 0 aromatic carbocycles. The molecule has 0 aliphatic heterocycles. The van der Waals surface area contributed by atoms with Gasteiger partial charge in [-0.1, -0.05) is 6.07 Å². The Bertz CT molecular complexity index is 819. The molecule has 0 bridgehead atoms. The Morgan fingerprint density at radius 3 is 2.66 bits per heavy atom. The molecule has 1 unspecified atom stereocenters. The lowest BCUT2D eigenvalue weighted by molar-refractivity contribution is -0.154. The number of furan rings is 1. The van der Waals surface area contributed by atoms with E-state index in [0.717, 1.165) is 0 Å². The van der Waals surface area contributed by atoms with Crippen molar-refractivity contribution in [3.05, 3.63) is 47.5 Å². The van der Waals surface area contributed by atoms with Crippen LogP contribution in [-0.4, -0.2) is 41.9 Å². The largest absolute Gasteiger partial charge is 0.468 e. The van der Waals surface area contributed by atoms with Gasteiger partial charge in [0.25, 0.3) is 0 Å². The van der Waals surface area contributed by atoms with Gasteiger partial charge in [-0.15, -0.1) is 0 Å². The Hall–Kier alpha value is -2.75. The molecule has 0 amide bonds. The molecule has 2 aromatic heterocycles. The normalized spacial score (nSPS) is 14.4. The number of hydrogen-bond acceptors (Lipinski definition) is 5. The minimum Gasteiger partial charge on any atom is -0.468 e. The van der Waals surface area contributed by atoms with E-state index in [1.165, 1.54) is 6.20 Å². The molecule has 0 saturated carbocycles. The Kier molecular flexibility index (Phi) is 7.49. The summed E-state index contributed by atoms with van der Waals surface area (Å²) in [5.41, 5.74) is -0.873. The first-order chi connectivity index (χ1) is 13.6. The predicted octanol–water partition coefficient (Wildman–Crippen LogP) is 2.89. The summed E-state index contributed by atoms with van der Waals surface area (Å²) in [6.45, 7) is 4.53. The highest BCUT2D eigenvalue weighted by Gasteiger charge is 2.29. The maximum absolute atomic E-state index is 12.4. The van der Waals surface area contributed by atoms with Gasteiger partial charge in [0.05, 0.1) is 13.1 Å². The highest BCUT2D eigenvalue weighted by atomic mass is 19.4. The van der Waals surface area contributed by atoms with Crippen LogP contribution >= 0.6 is 0 Å². The molecule has 0 radical (unpaired) electrons. The third kappa shape index (κ3) is 7.30. The molecule has 29 heavy (non-hydrogen) atoms. The molecule has 10 heteroatoms. The predicted molar refractivity (Wildman–Crippen MR) is 102 cm³/mol. The maximum atomic E-state index is 12.4. The lowest BCUT2D eigenvalue weighted by atomic mass is 10.0. The lowest BCUT2D eigenvalue weighted by Gasteiger charge is -2.23. The zero-order valence-corrected chi connectivity index (χ0v) is 16.5. The maximum Gasteiger partial charge on any atom is 0.422 e. The zero-order valence-electron chi connectivity index (χ0n) is 16.5. The topological polar surface area (TPSA) is 91.9 Å². The van der Waals surface area contributed by atoms with Crippen molar-refractivity contribution >= 4 is 5.96 Å². The van der Waals surface area contributed by atoms with Crippen molar-refractivity contribution in [2.45, 2.75) is 39.1 Å². The Labute approximate surface area is 167 Å². The van der Waals surface area contributed by atoms with E-state index in [1.807, 2.05) is 6.92 Å². The third-order valence-electron chi connectivity index (χ3n) is 3.85. The van der Waals surface area contributed by atoms with Gasteiger partial charge in [0.15, 0.2) is 12.6 Å². The highest BCUT2D eigenvalue weighted by Crippen LogP contribution is 2.22. The van der Waals surface area contributed by atoms with E-state index in [1.54, 1.807) is 38.1 Å². The average Bonchev–Trinajstić information content (AvgIpc) is 3.10. The van der Waals surface area contributed by atoms with Gasteiger partial charge in [-0.25, -0.2) is 9.98 Å². The van der Waals surface area contributed by atoms with Crippen molar-refractivity contribution in [1.82, 2.24) is 15.6 Å². The number of alkyl halides is 3. The highest BCUT2D eigenvalue weighted by molar-refractivity contribution is 5.79. The fraction of sp³-hybridized carbons (Fsp3) is 0.474. The molecule has 160 valence electrons. The molecule has 0 saturated heterocycles. The summed E-state index contributed by atoms with van der Waals surface area (Å²) in [6.07, 6.45) is -3.10. The minimum absolute atomic E-state index is 0.0400. The number of hydrogen-bond donors (Lipinski definition) is 3. The van der Waals surface area contributed by atoms with Crippen LogP contribution in [0.2, 0.25) is 0 Å². The number of rotatable bonds is 8.